The van der Waals surface area contributed by atoms with Crippen molar-refractivity contribution in [1.82, 2.24) is 10.2 Å². The number of amides is 1. The van der Waals surface area contributed by atoms with Crippen molar-refractivity contribution in [3.8, 4) is 0 Å². The summed E-state index contributed by atoms with van der Waals surface area (Å²) >= 11 is 0. The molecule has 0 bridgehead atoms. The molecule has 0 aromatic heterocycles. The van der Waals surface area contributed by atoms with Crippen molar-refractivity contribution in [2.45, 2.75) is 32.1 Å². The minimum absolute atomic E-state index is 0.156. The smallest absolute Gasteiger partial charge is 0.339 e. The van der Waals surface area contributed by atoms with Gasteiger partial charge in [0.05, 0.1) is 0 Å². The fourth-order valence-electron chi connectivity index (χ4n) is 1.70. The van der Waals surface area contributed by atoms with Gasteiger partial charge in [0.2, 0.25) is 5.91 Å². The molecule has 0 aliphatic carbocycles. The van der Waals surface area contributed by atoms with Crippen molar-refractivity contribution in [3.05, 3.63) is 0 Å². The Morgan fingerprint density at radius 1 is 1.57 bits per heavy atom. The summed E-state index contributed by atoms with van der Waals surface area (Å²) < 4.78 is 35.5. The lowest BCUT2D eigenvalue weighted by Crippen LogP contribution is -2.44. The van der Waals surface area contributed by atoms with E-state index >= 15 is 0 Å². The molecule has 1 amide bonds. The normalized spacial score (nSPS) is 22.9. The Balaban J connectivity index is 2.40. The monoisotopic (exact) mass is 210 g/mol. The molecule has 3 nitrogen and oxygen atoms in total. The molecule has 0 aromatic rings. The van der Waals surface area contributed by atoms with Crippen LogP contribution in [0.4, 0.5) is 13.2 Å². The van der Waals surface area contributed by atoms with Gasteiger partial charge >= 0.3 is 6.30 Å². The molecule has 1 saturated heterocycles. The molecule has 0 radical (unpaired) electrons. The van der Waals surface area contributed by atoms with Crippen molar-refractivity contribution < 1.29 is 18.0 Å². The van der Waals surface area contributed by atoms with Gasteiger partial charge in [0.25, 0.3) is 0 Å². The quantitative estimate of drug-likeness (QED) is 0.692. The number of nitrogens with one attached hydrogen (secondary N) is 1. The van der Waals surface area contributed by atoms with Crippen LogP contribution in [-0.4, -0.2) is 36.2 Å². The highest BCUT2D eigenvalue weighted by Gasteiger charge is 2.32. The van der Waals surface area contributed by atoms with Gasteiger partial charge in [-0.2, -0.15) is 13.2 Å². The van der Waals surface area contributed by atoms with Gasteiger partial charge in [-0.3, -0.25) is 4.79 Å². The Labute approximate surface area is 80.3 Å². The van der Waals surface area contributed by atoms with Gasteiger partial charge in [-0.1, -0.05) is 0 Å². The molecule has 1 atom stereocenters. The van der Waals surface area contributed by atoms with Gasteiger partial charge in [-0.05, 0) is 12.8 Å². The molecule has 1 aliphatic heterocycles. The maximum atomic E-state index is 11.8. The Bertz CT molecular complexity index is 217. The van der Waals surface area contributed by atoms with Crippen molar-refractivity contribution >= 4 is 5.91 Å². The van der Waals surface area contributed by atoms with Crippen LogP contribution < -0.4 is 5.32 Å². The van der Waals surface area contributed by atoms with Crippen LogP contribution in [0.2, 0.25) is 0 Å². The summed E-state index contributed by atoms with van der Waals surface area (Å²) in [6.45, 7) is 1.74. The zero-order chi connectivity index (χ0) is 10.8. The summed E-state index contributed by atoms with van der Waals surface area (Å²) in [6.07, 6.45) is -2.93. The molecule has 1 heterocycles. The standard InChI is InChI=1S/C8H13F3N2O/c1-6(14)13-4-2-3-7(13)5-12-8(9,10)11/h7,12H,2-5H2,1H3/t7-/m0/s1. The number of rotatable bonds is 2. The van der Waals surface area contributed by atoms with Gasteiger partial charge in [0.15, 0.2) is 0 Å². The van der Waals surface area contributed by atoms with Crippen LogP contribution >= 0.6 is 0 Å². The molecule has 6 heteroatoms. The van der Waals surface area contributed by atoms with Gasteiger partial charge < -0.3 is 4.90 Å². The number of hydrogen-bond acceptors (Lipinski definition) is 2. The predicted octanol–water partition coefficient (Wildman–Crippen LogP) is 1.11. The van der Waals surface area contributed by atoms with E-state index in [0.29, 0.717) is 13.0 Å². The van der Waals surface area contributed by atoms with E-state index in [0.717, 1.165) is 6.42 Å². The highest BCUT2D eigenvalue weighted by molar-refractivity contribution is 5.73. The number of nitrogens with zero attached hydrogens (tertiary/aromatic N) is 1. The molecule has 82 valence electrons. The molecule has 1 aliphatic rings. The SMILES string of the molecule is CC(=O)N1CCC[C@H]1CNC(F)(F)F. The molecule has 1 N–H and O–H groups in total. The maximum Gasteiger partial charge on any atom is 0.457 e. The first-order valence-corrected chi connectivity index (χ1v) is 4.49. The molecule has 0 unspecified atom stereocenters. The van der Waals surface area contributed by atoms with Crippen molar-refractivity contribution in [2.24, 2.45) is 0 Å². The molecular formula is C8H13F3N2O. The molecule has 0 spiro atoms. The Morgan fingerprint density at radius 2 is 2.21 bits per heavy atom. The van der Waals surface area contributed by atoms with Crippen LogP contribution in [0.15, 0.2) is 0 Å². The van der Waals surface area contributed by atoms with Crippen molar-refractivity contribution in [2.75, 3.05) is 13.1 Å². The fourth-order valence-corrected chi connectivity index (χ4v) is 1.70. The minimum atomic E-state index is -4.36. The highest BCUT2D eigenvalue weighted by atomic mass is 19.4. The third kappa shape index (κ3) is 3.17. The summed E-state index contributed by atoms with van der Waals surface area (Å²) in [5.74, 6) is -0.156. The van der Waals surface area contributed by atoms with Gasteiger partial charge in [0.1, 0.15) is 0 Å². The van der Waals surface area contributed by atoms with E-state index in [-0.39, 0.29) is 18.5 Å². The first-order chi connectivity index (χ1) is 6.40. The zero-order valence-electron chi connectivity index (χ0n) is 7.90. The number of halogens is 3. The zero-order valence-corrected chi connectivity index (χ0v) is 7.90. The second-order valence-electron chi connectivity index (χ2n) is 3.39. The molecular weight excluding hydrogens is 197 g/mol. The Kier molecular flexibility index (Phi) is 3.36. The first-order valence-electron chi connectivity index (χ1n) is 4.49. The summed E-state index contributed by atoms with van der Waals surface area (Å²) in [5.41, 5.74) is 0. The molecule has 1 fully saturated rings. The van der Waals surface area contributed by atoms with E-state index in [1.54, 1.807) is 0 Å². The third-order valence-electron chi connectivity index (χ3n) is 2.32. The molecule has 14 heavy (non-hydrogen) atoms. The average molecular weight is 210 g/mol. The Morgan fingerprint density at radius 3 is 2.71 bits per heavy atom. The van der Waals surface area contributed by atoms with E-state index in [1.165, 1.54) is 17.1 Å². The van der Waals surface area contributed by atoms with E-state index in [2.05, 4.69) is 0 Å². The highest BCUT2D eigenvalue weighted by Crippen LogP contribution is 2.18. The third-order valence-corrected chi connectivity index (χ3v) is 2.32. The van der Waals surface area contributed by atoms with E-state index in [4.69, 9.17) is 0 Å². The number of likely N-dealkylation sites (tertiary alicyclic amines) is 1. The van der Waals surface area contributed by atoms with Crippen LogP contribution in [0.5, 0.6) is 0 Å². The molecule has 0 aromatic carbocycles. The van der Waals surface area contributed by atoms with E-state index in [1.807, 2.05) is 0 Å². The number of hydrogen-bond donors (Lipinski definition) is 1. The van der Waals surface area contributed by atoms with Crippen molar-refractivity contribution in [3.63, 3.8) is 0 Å². The summed E-state index contributed by atoms with van der Waals surface area (Å²) in [7, 11) is 0. The van der Waals surface area contributed by atoms with E-state index in [9.17, 15) is 18.0 Å². The average Bonchev–Trinajstić information content (AvgIpc) is 2.46. The molecule has 0 saturated carbocycles. The lowest BCUT2D eigenvalue weighted by Gasteiger charge is -2.24. The van der Waals surface area contributed by atoms with E-state index < -0.39 is 6.30 Å². The minimum Gasteiger partial charge on any atom is -0.339 e. The lowest BCUT2D eigenvalue weighted by atomic mass is 10.2. The summed E-state index contributed by atoms with van der Waals surface area (Å²) in [4.78, 5) is 12.5. The predicted molar refractivity (Wildman–Crippen MR) is 44.5 cm³/mol. The number of carbonyl (C=O) groups excluding carboxylic acids is 1. The van der Waals surface area contributed by atoms with Gasteiger partial charge in [-0.15, -0.1) is 0 Å². The van der Waals surface area contributed by atoms with Crippen LogP contribution in [0.3, 0.4) is 0 Å². The maximum absolute atomic E-state index is 11.8. The van der Waals surface area contributed by atoms with Crippen LogP contribution in [0.1, 0.15) is 19.8 Å². The number of alkyl halides is 3. The Hall–Kier alpha value is -0.780. The first kappa shape index (κ1) is 11.3. The van der Waals surface area contributed by atoms with Crippen LogP contribution in [-0.2, 0) is 4.79 Å². The van der Waals surface area contributed by atoms with Crippen LogP contribution in [0, 0.1) is 0 Å². The van der Waals surface area contributed by atoms with Gasteiger partial charge in [-0.25, -0.2) is 5.32 Å². The fraction of sp³-hybridized carbons (Fsp3) is 0.875. The number of carbonyl (C=O) groups is 1. The molecule has 1 rings (SSSR count). The summed E-state index contributed by atoms with van der Waals surface area (Å²) in [5, 5.41) is 1.45. The summed E-state index contributed by atoms with van der Waals surface area (Å²) in [6, 6.07) is -0.311. The largest absolute Gasteiger partial charge is 0.457 e. The topological polar surface area (TPSA) is 32.3 Å². The van der Waals surface area contributed by atoms with Gasteiger partial charge in [0, 0.05) is 26.1 Å². The second-order valence-corrected chi connectivity index (χ2v) is 3.39. The second kappa shape index (κ2) is 4.16. The van der Waals surface area contributed by atoms with Crippen LogP contribution in [0.25, 0.3) is 0 Å². The van der Waals surface area contributed by atoms with Crippen molar-refractivity contribution in [1.29, 1.82) is 0 Å². The lowest BCUT2D eigenvalue weighted by molar-refractivity contribution is -0.160.